The average Bonchev–Trinajstić information content (AvgIpc) is 2.01. The normalized spacial score (nSPS) is 9.14. The Kier molecular flexibility index (Phi) is 2.79. The van der Waals surface area contributed by atoms with E-state index >= 15 is 0 Å². The summed E-state index contributed by atoms with van der Waals surface area (Å²) in [4.78, 5) is 18.7. The van der Waals surface area contributed by atoms with Gasteiger partial charge in [-0.2, -0.15) is 0 Å². The van der Waals surface area contributed by atoms with Gasteiger partial charge in [-0.15, -0.1) is 0 Å². The van der Waals surface area contributed by atoms with Crippen LogP contribution < -0.4 is 0 Å². The van der Waals surface area contributed by atoms with Crippen LogP contribution in [0.4, 0.5) is 11.6 Å². The van der Waals surface area contributed by atoms with Gasteiger partial charge in [-0.05, 0) is 6.07 Å². The maximum Gasteiger partial charge on any atom is 0.546 e. The first-order valence-electron chi connectivity index (χ1n) is 3.32. The summed E-state index contributed by atoms with van der Waals surface area (Å²) in [7, 11) is 0. The fourth-order valence-electron chi connectivity index (χ4n) is 0.674. The highest BCUT2D eigenvalue weighted by molar-refractivity contribution is 5.41. The van der Waals surface area contributed by atoms with Crippen molar-refractivity contribution < 1.29 is 19.0 Å². The Hall–Kier alpha value is -2.38. The average molecular weight is 200 g/mol. The summed E-state index contributed by atoms with van der Waals surface area (Å²) in [6, 6.07) is 3.46. The van der Waals surface area contributed by atoms with Crippen molar-refractivity contribution in [1.29, 1.82) is 0 Å². The number of nitro groups is 2. The number of hydrogen-bond donors (Lipinski definition) is 0. The van der Waals surface area contributed by atoms with Crippen molar-refractivity contribution in [2.24, 2.45) is 0 Å². The molecule has 0 amide bonds. The van der Waals surface area contributed by atoms with Crippen LogP contribution in [-0.2, 0) is 0 Å². The highest BCUT2D eigenvalue weighted by Gasteiger charge is 2.26. The molecule has 8 heteroatoms. The molecule has 0 unspecified atom stereocenters. The second kappa shape index (κ2) is 4.03. The minimum Gasteiger partial charge on any atom is -0.292 e. The van der Waals surface area contributed by atoms with Crippen LogP contribution in [-0.4, -0.2) is 9.85 Å². The Morgan fingerprint density at radius 2 is 1.86 bits per heavy atom. The molecule has 1 aromatic rings. The molecule has 0 radical (unpaired) electrons. The Balaban J connectivity index is 3.46. The Morgan fingerprint density at radius 1 is 1.14 bits per heavy atom. The van der Waals surface area contributed by atoms with E-state index < -0.39 is 21.4 Å². The molecule has 0 fully saturated rings. The SMILES string of the molecule is O=[N+]([O-])c1ccccooc1[N+](=O)[O-]. The fraction of sp³-hybridized carbons (Fsp3) is 0. The van der Waals surface area contributed by atoms with Gasteiger partial charge in [-0.1, -0.05) is 6.07 Å². The summed E-state index contributed by atoms with van der Waals surface area (Å²) < 4.78 is 8.31. The zero-order valence-corrected chi connectivity index (χ0v) is 6.65. The number of nitrogens with zero attached hydrogens (tertiary/aromatic N) is 2. The van der Waals surface area contributed by atoms with Crippen molar-refractivity contribution in [2.75, 3.05) is 0 Å². The molecule has 0 bridgehead atoms. The van der Waals surface area contributed by atoms with E-state index in [1.165, 1.54) is 12.1 Å². The highest BCUT2D eigenvalue weighted by Crippen LogP contribution is 2.23. The van der Waals surface area contributed by atoms with E-state index in [1.54, 1.807) is 0 Å². The van der Waals surface area contributed by atoms with E-state index in [2.05, 4.69) is 9.15 Å². The molecule has 0 aromatic carbocycles. The van der Waals surface area contributed by atoms with Crippen molar-refractivity contribution in [1.82, 2.24) is 0 Å². The highest BCUT2D eigenvalue weighted by atomic mass is 17.0. The predicted molar refractivity (Wildman–Crippen MR) is 41.9 cm³/mol. The molecule has 0 saturated heterocycles. The van der Waals surface area contributed by atoms with Crippen LogP contribution in [0.1, 0.15) is 0 Å². The van der Waals surface area contributed by atoms with E-state index in [-0.39, 0.29) is 0 Å². The molecule has 0 aliphatic rings. The summed E-state index contributed by atoms with van der Waals surface area (Å²) in [6.07, 6.45) is 1.01. The van der Waals surface area contributed by atoms with Crippen molar-refractivity contribution in [3.63, 3.8) is 0 Å². The van der Waals surface area contributed by atoms with Crippen LogP contribution in [0, 0.1) is 20.2 Å². The van der Waals surface area contributed by atoms with Gasteiger partial charge in [-0.3, -0.25) is 24.8 Å². The Morgan fingerprint density at radius 3 is 2.43 bits per heavy atom. The molecule has 0 aliphatic carbocycles. The predicted octanol–water partition coefficient (Wildman–Crippen LogP) is 1.81. The van der Waals surface area contributed by atoms with Gasteiger partial charge in [0.15, 0.2) is 0 Å². The van der Waals surface area contributed by atoms with Crippen LogP contribution in [0.25, 0.3) is 0 Å². The second-order valence-corrected chi connectivity index (χ2v) is 2.07. The van der Waals surface area contributed by atoms with E-state index in [0.717, 1.165) is 12.3 Å². The smallest absolute Gasteiger partial charge is 0.292 e. The van der Waals surface area contributed by atoms with E-state index in [9.17, 15) is 20.2 Å². The quantitative estimate of drug-likeness (QED) is 0.408. The van der Waals surface area contributed by atoms with Crippen molar-refractivity contribution in [3.05, 3.63) is 44.7 Å². The molecule has 14 heavy (non-hydrogen) atoms. The zero-order chi connectivity index (χ0) is 10.6. The molecule has 74 valence electrons. The zero-order valence-electron chi connectivity index (χ0n) is 6.65. The van der Waals surface area contributed by atoms with Gasteiger partial charge in [0, 0.05) is 6.07 Å². The van der Waals surface area contributed by atoms with Gasteiger partial charge in [0.25, 0.3) is 0 Å². The van der Waals surface area contributed by atoms with Gasteiger partial charge in [0.05, 0.1) is 4.92 Å². The molecule has 0 saturated carbocycles. The lowest BCUT2D eigenvalue weighted by atomic mass is 10.4. The van der Waals surface area contributed by atoms with E-state index in [4.69, 9.17) is 0 Å². The standard InChI is InChI=1S/C6H4N2O6/c9-7(10)5-3-1-2-4-13-14-6(5)8(11)12/h1-4H. The van der Waals surface area contributed by atoms with Crippen molar-refractivity contribution in [3.8, 4) is 0 Å². The molecule has 0 atom stereocenters. The third kappa shape index (κ3) is 2.06. The third-order valence-electron chi connectivity index (χ3n) is 1.21. The Labute approximate surface area is 76.3 Å². The molecular formula is C6H4N2O6. The monoisotopic (exact) mass is 200 g/mol. The summed E-state index contributed by atoms with van der Waals surface area (Å²) in [5, 5.41) is 20.7. The maximum atomic E-state index is 10.4. The molecule has 1 aromatic heterocycles. The minimum absolute atomic E-state index is 0.778. The van der Waals surface area contributed by atoms with Crippen LogP contribution in [0.15, 0.2) is 33.6 Å². The van der Waals surface area contributed by atoms with Crippen molar-refractivity contribution in [2.45, 2.75) is 0 Å². The summed E-state index contributed by atoms with van der Waals surface area (Å²) in [6.45, 7) is 0. The molecule has 0 spiro atoms. The second-order valence-electron chi connectivity index (χ2n) is 2.07. The lowest BCUT2D eigenvalue weighted by Crippen LogP contribution is -1.94. The summed E-state index contributed by atoms with van der Waals surface area (Å²) in [5.41, 5.74) is -0.778. The van der Waals surface area contributed by atoms with Crippen LogP contribution in [0.5, 0.6) is 0 Å². The number of rotatable bonds is 2. The largest absolute Gasteiger partial charge is 0.546 e. The summed E-state index contributed by atoms with van der Waals surface area (Å²) in [5.74, 6) is -1.06. The third-order valence-corrected chi connectivity index (χ3v) is 1.21. The van der Waals surface area contributed by atoms with Gasteiger partial charge in [0.1, 0.15) is 11.2 Å². The molecule has 8 nitrogen and oxygen atoms in total. The van der Waals surface area contributed by atoms with Gasteiger partial charge in [-0.25, -0.2) is 4.58 Å². The maximum absolute atomic E-state index is 10.4. The van der Waals surface area contributed by atoms with Gasteiger partial charge in [0.2, 0.25) is 0 Å². The van der Waals surface area contributed by atoms with E-state index in [0.29, 0.717) is 0 Å². The fourth-order valence-corrected chi connectivity index (χ4v) is 0.674. The topological polar surface area (TPSA) is 113 Å². The first kappa shape index (κ1) is 9.71. The molecular weight excluding hydrogens is 196 g/mol. The lowest BCUT2D eigenvalue weighted by Gasteiger charge is -1.88. The van der Waals surface area contributed by atoms with Crippen LogP contribution in [0.3, 0.4) is 0 Å². The minimum atomic E-state index is -1.06. The molecule has 1 heterocycles. The molecule has 1 rings (SSSR count). The molecule has 0 N–H and O–H groups in total. The lowest BCUT2D eigenvalue weighted by molar-refractivity contribution is -0.442. The van der Waals surface area contributed by atoms with Crippen molar-refractivity contribution >= 4 is 11.6 Å². The summed E-state index contributed by atoms with van der Waals surface area (Å²) >= 11 is 0. The van der Waals surface area contributed by atoms with Gasteiger partial charge >= 0.3 is 11.6 Å². The van der Waals surface area contributed by atoms with E-state index in [1.807, 2.05) is 0 Å². The molecule has 0 aliphatic heterocycles. The first-order valence-corrected chi connectivity index (χ1v) is 3.32. The number of hydrogen-bond acceptors (Lipinski definition) is 6. The van der Waals surface area contributed by atoms with Crippen LogP contribution >= 0.6 is 0 Å². The Bertz CT molecular complexity index is 366. The first-order chi connectivity index (χ1) is 6.63. The van der Waals surface area contributed by atoms with Gasteiger partial charge < -0.3 is 0 Å². The van der Waals surface area contributed by atoms with Crippen LogP contribution in [0.2, 0.25) is 0 Å².